The fourth-order valence-electron chi connectivity index (χ4n) is 0.679. The first-order valence-corrected chi connectivity index (χ1v) is 3.30. The standard InChI is InChI=1S/C8H12N2/c1-8(2,3)7-4-5-9-10-6-7/h4-6H,1-3H3/i6D. The topological polar surface area (TPSA) is 25.8 Å². The van der Waals surface area contributed by atoms with E-state index in [1.54, 1.807) is 6.20 Å². The average Bonchev–Trinajstić information content (AvgIpc) is 1.86. The van der Waals surface area contributed by atoms with Crippen molar-refractivity contribution in [2.75, 3.05) is 0 Å². The molecule has 0 saturated carbocycles. The Morgan fingerprint density at radius 3 is 2.50 bits per heavy atom. The highest BCUT2D eigenvalue weighted by molar-refractivity contribution is 5.15. The van der Waals surface area contributed by atoms with Crippen molar-refractivity contribution < 1.29 is 1.37 Å². The lowest BCUT2D eigenvalue weighted by atomic mass is 9.89. The molecule has 0 aliphatic heterocycles. The van der Waals surface area contributed by atoms with E-state index in [1.807, 2.05) is 6.07 Å². The van der Waals surface area contributed by atoms with E-state index >= 15 is 0 Å². The molecule has 0 atom stereocenters. The van der Waals surface area contributed by atoms with Crippen LogP contribution in [0.2, 0.25) is 0 Å². The molecule has 54 valence electrons. The van der Waals surface area contributed by atoms with E-state index < -0.39 is 0 Å². The van der Waals surface area contributed by atoms with Gasteiger partial charge in [-0.15, -0.1) is 0 Å². The smallest absolute Gasteiger partial charge is 0.0863 e. The second-order valence-corrected chi connectivity index (χ2v) is 3.31. The van der Waals surface area contributed by atoms with Crippen LogP contribution in [0.4, 0.5) is 0 Å². The second-order valence-electron chi connectivity index (χ2n) is 3.31. The quantitative estimate of drug-likeness (QED) is 0.544. The molecule has 0 N–H and O–H groups in total. The van der Waals surface area contributed by atoms with Gasteiger partial charge in [0.25, 0.3) is 0 Å². The zero-order valence-electron chi connectivity index (χ0n) is 7.55. The van der Waals surface area contributed by atoms with Gasteiger partial charge >= 0.3 is 0 Å². The highest BCUT2D eigenvalue weighted by Gasteiger charge is 2.12. The molecule has 10 heavy (non-hydrogen) atoms. The molecule has 0 bridgehead atoms. The number of rotatable bonds is 0. The Balaban J connectivity index is 3.14. The van der Waals surface area contributed by atoms with Crippen molar-refractivity contribution in [2.45, 2.75) is 26.2 Å². The molecule has 0 fully saturated rings. The molecule has 1 aromatic rings. The minimum Gasteiger partial charge on any atom is -0.159 e. The highest BCUT2D eigenvalue weighted by atomic mass is 15.1. The van der Waals surface area contributed by atoms with Crippen LogP contribution in [0.3, 0.4) is 0 Å². The largest absolute Gasteiger partial charge is 0.159 e. The van der Waals surface area contributed by atoms with E-state index in [2.05, 4.69) is 31.0 Å². The first-order valence-electron chi connectivity index (χ1n) is 3.80. The Morgan fingerprint density at radius 1 is 1.40 bits per heavy atom. The molecule has 0 aliphatic rings. The van der Waals surface area contributed by atoms with Gasteiger partial charge in [-0.3, -0.25) is 0 Å². The second kappa shape index (κ2) is 2.37. The van der Waals surface area contributed by atoms with Gasteiger partial charge in [0.1, 0.15) is 0 Å². The molecule has 1 aromatic heterocycles. The molecule has 0 unspecified atom stereocenters. The summed E-state index contributed by atoms with van der Waals surface area (Å²) in [4.78, 5) is 0. The lowest BCUT2D eigenvalue weighted by Crippen LogP contribution is -2.11. The van der Waals surface area contributed by atoms with Crippen LogP contribution in [0, 0.1) is 0 Å². The van der Waals surface area contributed by atoms with Gasteiger partial charge in [-0.2, -0.15) is 10.2 Å². The van der Waals surface area contributed by atoms with Gasteiger partial charge < -0.3 is 0 Å². The molecule has 2 nitrogen and oxygen atoms in total. The Labute approximate surface area is 62.7 Å². The van der Waals surface area contributed by atoms with Crippen LogP contribution in [0.25, 0.3) is 0 Å². The molecule has 2 heteroatoms. The molecule has 0 aromatic carbocycles. The van der Waals surface area contributed by atoms with Crippen molar-refractivity contribution in [1.29, 1.82) is 0 Å². The number of hydrogen-bond acceptors (Lipinski definition) is 2. The van der Waals surface area contributed by atoms with E-state index in [4.69, 9.17) is 1.37 Å². The highest BCUT2D eigenvalue weighted by Crippen LogP contribution is 2.19. The summed E-state index contributed by atoms with van der Waals surface area (Å²) < 4.78 is 7.45. The molecule has 0 saturated heterocycles. The zero-order valence-corrected chi connectivity index (χ0v) is 6.55. The van der Waals surface area contributed by atoms with Crippen LogP contribution >= 0.6 is 0 Å². The maximum atomic E-state index is 7.45. The lowest BCUT2D eigenvalue weighted by Gasteiger charge is -2.16. The first-order chi connectivity index (χ1) is 5.02. The third-order valence-corrected chi connectivity index (χ3v) is 1.34. The van der Waals surface area contributed by atoms with Gasteiger partial charge in [0, 0.05) is 6.20 Å². The van der Waals surface area contributed by atoms with Gasteiger partial charge in [-0.25, -0.2) is 0 Å². The van der Waals surface area contributed by atoms with Crippen molar-refractivity contribution in [2.24, 2.45) is 0 Å². The van der Waals surface area contributed by atoms with Crippen LogP contribution in [0.1, 0.15) is 27.7 Å². The van der Waals surface area contributed by atoms with E-state index in [-0.39, 0.29) is 11.6 Å². The van der Waals surface area contributed by atoms with Gasteiger partial charge in [-0.1, -0.05) is 20.8 Å². The first kappa shape index (κ1) is 5.83. The zero-order chi connectivity index (χ0) is 8.48. The predicted octanol–water partition coefficient (Wildman–Crippen LogP) is 1.77. The summed E-state index contributed by atoms with van der Waals surface area (Å²) in [6, 6.07) is 1.84. The summed E-state index contributed by atoms with van der Waals surface area (Å²) in [6.45, 7) is 6.17. The molecule has 1 rings (SSSR count). The summed E-state index contributed by atoms with van der Waals surface area (Å²) in [6.07, 6.45) is 1.90. The van der Waals surface area contributed by atoms with E-state index in [0.29, 0.717) is 0 Å². The summed E-state index contributed by atoms with van der Waals surface area (Å²) in [5.74, 6) is 0. The number of hydrogen-bond donors (Lipinski definition) is 0. The normalized spacial score (nSPS) is 12.9. The maximum absolute atomic E-state index is 7.45. The van der Waals surface area contributed by atoms with Gasteiger partial charge in [0.15, 0.2) is 0 Å². The summed E-state index contributed by atoms with van der Waals surface area (Å²) in [7, 11) is 0. The third kappa shape index (κ3) is 1.53. The lowest BCUT2D eigenvalue weighted by molar-refractivity contribution is 0.584. The monoisotopic (exact) mass is 137 g/mol. The third-order valence-electron chi connectivity index (χ3n) is 1.34. The van der Waals surface area contributed by atoms with Crippen molar-refractivity contribution >= 4 is 0 Å². The van der Waals surface area contributed by atoms with Gasteiger partial charge in [-0.05, 0) is 17.0 Å². The summed E-state index contributed by atoms with van der Waals surface area (Å²) in [5, 5.41) is 7.28. The van der Waals surface area contributed by atoms with Crippen molar-refractivity contribution in [3.63, 3.8) is 0 Å². The van der Waals surface area contributed by atoms with Crippen LogP contribution in [-0.4, -0.2) is 10.2 Å². The fraction of sp³-hybridized carbons (Fsp3) is 0.500. The molecule has 0 radical (unpaired) electrons. The minimum atomic E-state index is -0.00692. The van der Waals surface area contributed by atoms with E-state index in [9.17, 15) is 0 Å². The summed E-state index contributed by atoms with van der Waals surface area (Å²) >= 11 is 0. The van der Waals surface area contributed by atoms with Gasteiger partial charge in [0.05, 0.1) is 7.54 Å². The molecular weight excluding hydrogens is 124 g/mol. The number of aromatic nitrogens is 2. The SMILES string of the molecule is [2H]c1nnccc1C(C)(C)C. The fourth-order valence-corrected chi connectivity index (χ4v) is 0.679. The molecule has 0 amide bonds. The number of nitrogens with zero attached hydrogens (tertiary/aromatic N) is 2. The Bertz CT molecular complexity index is 253. The average molecular weight is 137 g/mol. The summed E-state index contributed by atoms with van der Waals surface area (Å²) in [5.41, 5.74) is 0.931. The van der Waals surface area contributed by atoms with E-state index in [1.165, 1.54) is 0 Å². The van der Waals surface area contributed by atoms with Crippen LogP contribution in [0.5, 0.6) is 0 Å². The Kier molecular flexibility index (Phi) is 1.38. The minimum absolute atomic E-state index is 0.00692. The predicted molar refractivity (Wildman–Crippen MR) is 40.7 cm³/mol. The maximum Gasteiger partial charge on any atom is 0.0863 e. The van der Waals surface area contributed by atoms with Crippen molar-refractivity contribution in [3.8, 4) is 0 Å². The molecular formula is C8H12N2. The molecule has 1 heterocycles. The molecule has 0 aliphatic carbocycles. The Morgan fingerprint density at radius 2 is 2.10 bits per heavy atom. The van der Waals surface area contributed by atoms with Gasteiger partial charge in [0.2, 0.25) is 0 Å². The Hall–Kier alpha value is -0.920. The molecule has 0 spiro atoms. The van der Waals surface area contributed by atoms with Crippen molar-refractivity contribution in [1.82, 2.24) is 10.2 Å². The van der Waals surface area contributed by atoms with Crippen molar-refractivity contribution in [3.05, 3.63) is 24.0 Å². The van der Waals surface area contributed by atoms with Crippen LogP contribution in [-0.2, 0) is 5.41 Å². The van der Waals surface area contributed by atoms with E-state index in [0.717, 1.165) is 5.56 Å². The van der Waals surface area contributed by atoms with Crippen LogP contribution < -0.4 is 0 Å². The van der Waals surface area contributed by atoms with Crippen LogP contribution in [0.15, 0.2) is 18.4 Å².